The third-order valence-corrected chi connectivity index (χ3v) is 3.17. The molecule has 6 nitrogen and oxygen atoms in total. The highest BCUT2D eigenvalue weighted by Gasteiger charge is 2.14. The first kappa shape index (κ1) is 14.7. The number of nitrogen functional groups attached to an aromatic ring is 1. The number of amides is 1. The molecule has 0 atom stereocenters. The number of pyridine rings is 1. The summed E-state index contributed by atoms with van der Waals surface area (Å²) in [6, 6.07) is 9.53. The fourth-order valence-electron chi connectivity index (χ4n) is 1.95. The second kappa shape index (κ2) is 6.27. The van der Waals surface area contributed by atoms with E-state index in [9.17, 15) is 9.18 Å². The number of nitrogens with zero attached hydrogens (tertiary/aromatic N) is 2. The second-order valence-electron chi connectivity index (χ2n) is 4.78. The number of oxazole rings is 1. The minimum absolute atomic E-state index is 0.0666. The Bertz CT molecular complexity index is 830. The number of anilines is 1. The van der Waals surface area contributed by atoms with Crippen molar-refractivity contribution in [3.05, 3.63) is 65.9 Å². The van der Waals surface area contributed by atoms with Gasteiger partial charge in [-0.05, 0) is 18.2 Å². The molecule has 1 amide bonds. The molecular formula is C16H13FN4O2. The van der Waals surface area contributed by atoms with Crippen LogP contribution in [0.3, 0.4) is 0 Å². The Morgan fingerprint density at radius 3 is 2.83 bits per heavy atom. The predicted molar refractivity (Wildman–Crippen MR) is 81.7 cm³/mol. The summed E-state index contributed by atoms with van der Waals surface area (Å²) in [5.74, 6) is -0.190. The number of nitrogens with two attached hydrogens (primary N) is 1. The minimum atomic E-state index is -0.452. The number of hydrogen-bond acceptors (Lipinski definition) is 5. The van der Waals surface area contributed by atoms with Crippen LogP contribution in [0.2, 0.25) is 0 Å². The molecule has 1 aromatic carbocycles. The normalized spacial score (nSPS) is 10.5. The van der Waals surface area contributed by atoms with Crippen LogP contribution in [0.4, 0.5) is 10.2 Å². The van der Waals surface area contributed by atoms with Gasteiger partial charge in [-0.1, -0.05) is 18.2 Å². The molecule has 0 radical (unpaired) electrons. The fourth-order valence-corrected chi connectivity index (χ4v) is 1.95. The van der Waals surface area contributed by atoms with Crippen LogP contribution in [0.15, 0.2) is 53.3 Å². The number of carbonyl (C=O) groups excluding carboxylic acids is 1. The van der Waals surface area contributed by atoms with Crippen molar-refractivity contribution in [1.29, 1.82) is 0 Å². The molecule has 0 aliphatic rings. The molecule has 0 saturated heterocycles. The van der Waals surface area contributed by atoms with E-state index >= 15 is 0 Å². The Kier molecular flexibility index (Phi) is 4.01. The Hall–Kier alpha value is -3.22. The Morgan fingerprint density at radius 1 is 1.26 bits per heavy atom. The van der Waals surface area contributed by atoms with Crippen molar-refractivity contribution in [2.45, 2.75) is 6.54 Å². The van der Waals surface area contributed by atoms with Crippen LogP contribution in [-0.2, 0) is 6.54 Å². The summed E-state index contributed by atoms with van der Waals surface area (Å²) < 4.78 is 18.8. The van der Waals surface area contributed by atoms with Gasteiger partial charge in [0.1, 0.15) is 17.9 Å². The summed E-state index contributed by atoms with van der Waals surface area (Å²) >= 11 is 0. The zero-order valence-corrected chi connectivity index (χ0v) is 12.0. The van der Waals surface area contributed by atoms with Crippen LogP contribution in [0.25, 0.3) is 11.5 Å². The Morgan fingerprint density at radius 2 is 2.09 bits per heavy atom. The molecule has 7 heteroatoms. The van der Waals surface area contributed by atoms with Gasteiger partial charge in [-0.3, -0.25) is 4.79 Å². The predicted octanol–water partition coefficient (Wildman–Crippen LogP) is 2.39. The van der Waals surface area contributed by atoms with Crippen molar-refractivity contribution in [3.8, 4) is 11.5 Å². The number of hydrogen-bond donors (Lipinski definition) is 2. The van der Waals surface area contributed by atoms with Crippen molar-refractivity contribution < 1.29 is 13.6 Å². The van der Waals surface area contributed by atoms with Gasteiger partial charge in [-0.15, -0.1) is 0 Å². The molecule has 0 fully saturated rings. The number of nitrogens with one attached hydrogen (secondary N) is 1. The van der Waals surface area contributed by atoms with Gasteiger partial charge in [0.25, 0.3) is 5.91 Å². The molecule has 0 bridgehead atoms. The van der Waals surface area contributed by atoms with Crippen LogP contribution in [0.1, 0.15) is 16.1 Å². The first-order valence-corrected chi connectivity index (χ1v) is 6.82. The van der Waals surface area contributed by atoms with Gasteiger partial charge in [0, 0.05) is 18.3 Å². The molecule has 3 aromatic rings. The van der Waals surface area contributed by atoms with Crippen LogP contribution in [0, 0.1) is 5.82 Å². The van der Waals surface area contributed by atoms with Crippen molar-refractivity contribution in [3.63, 3.8) is 0 Å². The lowest BCUT2D eigenvalue weighted by molar-refractivity contribution is 0.0945. The average Bonchev–Trinajstić information content (AvgIpc) is 3.04. The van der Waals surface area contributed by atoms with E-state index in [-0.39, 0.29) is 23.9 Å². The number of benzene rings is 1. The molecule has 0 aliphatic heterocycles. The van der Waals surface area contributed by atoms with Crippen molar-refractivity contribution in [2.24, 2.45) is 0 Å². The average molecular weight is 312 g/mol. The van der Waals surface area contributed by atoms with Gasteiger partial charge >= 0.3 is 0 Å². The van der Waals surface area contributed by atoms with E-state index in [1.54, 1.807) is 30.3 Å². The molecule has 2 heterocycles. The van der Waals surface area contributed by atoms with Gasteiger partial charge in [0.2, 0.25) is 5.89 Å². The summed E-state index contributed by atoms with van der Waals surface area (Å²) in [7, 11) is 0. The monoisotopic (exact) mass is 312 g/mol. The zero-order chi connectivity index (χ0) is 16.2. The molecule has 2 aromatic heterocycles. The van der Waals surface area contributed by atoms with E-state index < -0.39 is 5.91 Å². The van der Waals surface area contributed by atoms with Gasteiger partial charge < -0.3 is 15.5 Å². The second-order valence-corrected chi connectivity index (χ2v) is 4.78. The highest BCUT2D eigenvalue weighted by Crippen LogP contribution is 2.18. The highest BCUT2D eigenvalue weighted by atomic mass is 19.1. The number of aromatic nitrogens is 2. The van der Waals surface area contributed by atoms with Crippen molar-refractivity contribution >= 4 is 11.7 Å². The zero-order valence-electron chi connectivity index (χ0n) is 12.0. The Labute approximate surface area is 131 Å². The van der Waals surface area contributed by atoms with E-state index in [0.29, 0.717) is 16.9 Å². The third kappa shape index (κ3) is 3.34. The van der Waals surface area contributed by atoms with Gasteiger partial charge in [0.15, 0.2) is 5.69 Å². The SMILES string of the molecule is Nc1ccc(-c2nc(C(=O)NCc3ccccc3F)co2)cn1. The Balaban J connectivity index is 1.69. The van der Waals surface area contributed by atoms with Gasteiger partial charge in [-0.2, -0.15) is 0 Å². The summed E-state index contributed by atoms with van der Waals surface area (Å²) in [5, 5.41) is 2.59. The van der Waals surface area contributed by atoms with Crippen LogP contribution in [-0.4, -0.2) is 15.9 Å². The first-order valence-electron chi connectivity index (χ1n) is 6.82. The van der Waals surface area contributed by atoms with Gasteiger partial charge in [0.05, 0.1) is 5.56 Å². The number of halogens is 1. The maximum absolute atomic E-state index is 13.5. The minimum Gasteiger partial charge on any atom is -0.444 e. The van der Waals surface area contributed by atoms with Gasteiger partial charge in [-0.25, -0.2) is 14.4 Å². The summed E-state index contributed by atoms with van der Waals surface area (Å²) in [6.07, 6.45) is 2.74. The molecule has 0 spiro atoms. The van der Waals surface area contributed by atoms with Crippen molar-refractivity contribution in [2.75, 3.05) is 5.73 Å². The molecule has 116 valence electrons. The largest absolute Gasteiger partial charge is 0.444 e. The summed E-state index contributed by atoms with van der Waals surface area (Å²) in [4.78, 5) is 20.1. The van der Waals surface area contributed by atoms with E-state index in [2.05, 4.69) is 15.3 Å². The highest BCUT2D eigenvalue weighted by molar-refractivity contribution is 5.92. The number of carbonyl (C=O) groups is 1. The lowest BCUT2D eigenvalue weighted by atomic mass is 10.2. The lowest BCUT2D eigenvalue weighted by Gasteiger charge is -2.04. The smallest absolute Gasteiger partial charge is 0.273 e. The molecule has 0 aliphatic carbocycles. The lowest BCUT2D eigenvalue weighted by Crippen LogP contribution is -2.23. The van der Waals surface area contributed by atoms with E-state index in [0.717, 1.165) is 0 Å². The maximum Gasteiger partial charge on any atom is 0.273 e. The van der Waals surface area contributed by atoms with Crippen molar-refractivity contribution in [1.82, 2.24) is 15.3 Å². The molecule has 3 N–H and O–H groups in total. The van der Waals surface area contributed by atoms with Crippen LogP contribution in [0.5, 0.6) is 0 Å². The number of rotatable bonds is 4. The van der Waals surface area contributed by atoms with E-state index in [1.807, 2.05) is 0 Å². The molecular weight excluding hydrogens is 299 g/mol. The first-order chi connectivity index (χ1) is 11.1. The van der Waals surface area contributed by atoms with Crippen LogP contribution >= 0.6 is 0 Å². The standard InChI is InChI=1S/C16H13FN4O2/c17-12-4-2-1-3-10(12)7-20-15(22)13-9-23-16(21-13)11-5-6-14(18)19-8-11/h1-6,8-9H,7H2,(H2,18,19)(H,20,22). The summed E-state index contributed by atoms with van der Waals surface area (Å²) in [5.41, 5.74) is 6.61. The van der Waals surface area contributed by atoms with E-state index in [1.165, 1.54) is 18.5 Å². The van der Waals surface area contributed by atoms with Crippen LogP contribution < -0.4 is 11.1 Å². The molecule has 23 heavy (non-hydrogen) atoms. The molecule has 0 saturated carbocycles. The quantitative estimate of drug-likeness (QED) is 0.771. The summed E-state index contributed by atoms with van der Waals surface area (Å²) in [6.45, 7) is 0.0666. The molecule has 3 rings (SSSR count). The maximum atomic E-state index is 13.5. The van der Waals surface area contributed by atoms with E-state index in [4.69, 9.17) is 10.2 Å². The molecule has 0 unspecified atom stereocenters. The third-order valence-electron chi connectivity index (χ3n) is 3.17. The fraction of sp³-hybridized carbons (Fsp3) is 0.0625. The topological polar surface area (TPSA) is 94.0 Å².